The average Bonchev–Trinajstić information content (AvgIpc) is 3.16. The van der Waals surface area contributed by atoms with Crippen LogP contribution in [0.5, 0.6) is 5.75 Å². The summed E-state index contributed by atoms with van der Waals surface area (Å²) in [6.07, 6.45) is 2.25. The van der Waals surface area contributed by atoms with Gasteiger partial charge in [-0.3, -0.25) is 4.68 Å². The van der Waals surface area contributed by atoms with E-state index in [0.717, 1.165) is 25.9 Å². The lowest BCUT2D eigenvalue weighted by molar-refractivity contribution is 0.0867. The highest BCUT2D eigenvalue weighted by atomic mass is 19.1. The highest BCUT2D eigenvalue weighted by molar-refractivity contribution is 5.67. The summed E-state index contributed by atoms with van der Waals surface area (Å²) in [7, 11) is 0. The summed E-state index contributed by atoms with van der Waals surface area (Å²) >= 11 is 0. The van der Waals surface area contributed by atoms with Gasteiger partial charge in [-0.2, -0.15) is 10.0 Å². The van der Waals surface area contributed by atoms with Crippen LogP contribution in [0.1, 0.15) is 33.6 Å². The predicted molar refractivity (Wildman–Crippen MR) is 111 cm³/mol. The zero-order valence-corrected chi connectivity index (χ0v) is 17.1. The third-order valence-electron chi connectivity index (χ3n) is 4.38. The van der Waals surface area contributed by atoms with E-state index in [1.54, 1.807) is 23.0 Å². The van der Waals surface area contributed by atoms with Crippen molar-refractivity contribution in [3.63, 3.8) is 0 Å². The van der Waals surface area contributed by atoms with Gasteiger partial charge in [0.15, 0.2) is 11.4 Å². The van der Waals surface area contributed by atoms with Gasteiger partial charge in [-0.1, -0.05) is 19.0 Å². The van der Waals surface area contributed by atoms with Crippen molar-refractivity contribution in [3.8, 4) is 17.0 Å². The van der Waals surface area contributed by atoms with E-state index in [-0.39, 0.29) is 11.4 Å². The van der Waals surface area contributed by atoms with Gasteiger partial charge in [0.05, 0.1) is 12.2 Å². The third-order valence-corrected chi connectivity index (χ3v) is 4.38. The van der Waals surface area contributed by atoms with Crippen LogP contribution in [0.4, 0.5) is 10.1 Å². The molecule has 2 rings (SSSR count). The van der Waals surface area contributed by atoms with Crippen molar-refractivity contribution in [2.75, 3.05) is 19.6 Å². The van der Waals surface area contributed by atoms with Gasteiger partial charge in [0.1, 0.15) is 6.04 Å². The Morgan fingerprint density at radius 3 is 2.52 bits per heavy atom. The summed E-state index contributed by atoms with van der Waals surface area (Å²) in [6.45, 7) is 8.26. The van der Waals surface area contributed by atoms with Crippen molar-refractivity contribution >= 4 is 5.69 Å². The van der Waals surface area contributed by atoms with E-state index in [1.807, 2.05) is 0 Å². The summed E-state index contributed by atoms with van der Waals surface area (Å²) in [5, 5.41) is 10.7. The highest BCUT2D eigenvalue weighted by Crippen LogP contribution is 2.33. The molecular formula is C20H28FN5O3. The molecule has 1 heterocycles. The normalized spacial score (nSPS) is 13.3. The fourth-order valence-corrected chi connectivity index (χ4v) is 3.21. The molecule has 0 N–H and O–H groups in total. The number of ether oxygens (including phenoxy) is 1. The average molecular weight is 405 g/mol. The van der Waals surface area contributed by atoms with Crippen LogP contribution in [0.25, 0.3) is 11.3 Å². The van der Waals surface area contributed by atoms with Crippen molar-refractivity contribution in [3.05, 3.63) is 40.3 Å². The maximum atomic E-state index is 13.1. The first kappa shape index (κ1) is 22.6. The van der Waals surface area contributed by atoms with E-state index >= 15 is 0 Å². The monoisotopic (exact) mass is 405 g/mol. The summed E-state index contributed by atoms with van der Waals surface area (Å²) in [5.41, 5.74) is 1.26. The Labute approximate surface area is 170 Å². The van der Waals surface area contributed by atoms with E-state index in [1.165, 1.54) is 19.1 Å². The number of alkyl halides is 1. The molecule has 0 bridgehead atoms. The molecule has 0 radical (unpaired) electrons. The van der Waals surface area contributed by atoms with E-state index in [9.17, 15) is 14.2 Å². The van der Waals surface area contributed by atoms with Crippen molar-refractivity contribution in [1.29, 1.82) is 0 Å². The molecule has 9 heteroatoms. The van der Waals surface area contributed by atoms with Gasteiger partial charge in [0.2, 0.25) is 6.36 Å². The van der Waals surface area contributed by atoms with Gasteiger partial charge in [-0.15, -0.1) is 4.91 Å². The lowest BCUT2D eigenvalue weighted by Crippen LogP contribution is -2.35. The smallest absolute Gasteiger partial charge is 0.235 e. The fourth-order valence-electron chi connectivity index (χ4n) is 3.21. The molecule has 0 saturated heterocycles. The molecule has 158 valence electrons. The molecule has 0 fully saturated rings. The minimum Gasteiger partial charge on any atom is -0.458 e. The molecule has 2 aromatic rings. The van der Waals surface area contributed by atoms with E-state index in [4.69, 9.17) is 4.74 Å². The van der Waals surface area contributed by atoms with Crippen LogP contribution in [0.2, 0.25) is 0 Å². The molecule has 8 nitrogen and oxygen atoms in total. The Morgan fingerprint density at radius 2 is 1.93 bits per heavy atom. The predicted octanol–water partition coefficient (Wildman–Crippen LogP) is 4.90. The second-order valence-electron chi connectivity index (χ2n) is 6.92. The Balaban J connectivity index is 2.11. The Bertz CT molecular complexity index is 790. The van der Waals surface area contributed by atoms with E-state index in [2.05, 4.69) is 34.2 Å². The van der Waals surface area contributed by atoms with Gasteiger partial charge in [0, 0.05) is 25.2 Å². The quantitative estimate of drug-likeness (QED) is 0.442. The number of hydrogen-bond acceptors (Lipinski definition) is 7. The van der Waals surface area contributed by atoms with Gasteiger partial charge in [-0.05, 0) is 55.4 Å². The van der Waals surface area contributed by atoms with Crippen LogP contribution in [-0.4, -0.2) is 46.7 Å². The van der Waals surface area contributed by atoms with Crippen molar-refractivity contribution in [1.82, 2.24) is 14.7 Å². The van der Waals surface area contributed by atoms with Crippen molar-refractivity contribution in [2.24, 2.45) is 10.4 Å². The molecule has 1 aromatic carbocycles. The molecule has 0 spiro atoms. The van der Waals surface area contributed by atoms with Crippen molar-refractivity contribution in [2.45, 2.75) is 52.6 Å². The van der Waals surface area contributed by atoms with Gasteiger partial charge in [-0.25, -0.2) is 4.39 Å². The molecule has 1 aromatic heterocycles. The van der Waals surface area contributed by atoms with E-state index in [0.29, 0.717) is 24.3 Å². The molecule has 0 amide bonds. The largest absolute Gasteiger partial charge is 0.458 e. The third kappa shape index (κ3) is 6.70. The molecule has 2 unspecified atom stereocenters. The minimum absolute atomic E-state index is 0.00348. The summed E-state index contributed by atoms with van der Waals surface area (Å²) < 4.78 is 19.7. The minimum atomic E-state index is -1.55. The number of rotatable bonds is 13. The first-order valence-electron chi connectivity index (χ1n) is 9.87. The van der Waals surface area contributed by atoms with Gasteiger partial charge < -0.3 is 9.64 Å². The lowest BCUT2D eigenvalue weighted by atomic mass is 10.1. The molecular weight excluding hydrogens is 377 g/mol. The second kappa shape index (κ2) is 11.4. The Kier molecular flexibility index (Phi) is 8.85. The SMILES string of the molecule is CCCN(CCC)CC(Cn1ccc(-c2ccc(OC(C)F)c(N=O)c2)n1)N=O. The van der Waals surface area contributed by atoms with Gasteiger partial charge >= 0.3 is 0 Å². The maximum Gasteiger partial charge on any atom is 0.235 e. The van der Waals surface area contributed by atoms with Crippen LogP contribution in [0.15, 0.2) is 40.8 Å². The van der Waals surface area contributed by atoms with Gasteiger partial charge in [0.25, 0.3) is 0 Å². The number of nitrogens with zero attached hydrogens (tertiary/aromatic N) is 5. The van der Waals surface area contributed by atoms with Crippen LogP contribution in [0, 0.1) is 9.81 Å². The van der Waals surface area contributed by atoms with Crippen LogP contribution in [0.3, 0.4) is 0 Å². The molecule has 0 aliphatic carbocycles. The van der Waals surface area contributed by atoms with E-state index < -0.39 is 12.4 Å². The molecule has 0 aliphatic rings. The fraction of sp³-hybridized carbons (Fsp3) is 0.550. The number of nitroso groups, excluding NO2 is 2. The zero-order valence-electron chi connectivity index (χ0n) is 17.1. The number of halogens is 1. The first-order valence-corrected chi connectivity index (χ1v) is 9.87. The van der Waals surface area contributed by atoms with Crippen LogP contribution < -0.4 is 4.74 Å². The molecule has 0 saturated carbocycles. The summed E-state index contributed by atoms with van der Waals surface area (Å²) in [5.74, 6) is 0.0790. The van der Waals surface area contributed by atoms with Crippen LogP contribution >= 0.6 is 0 Å². The molecule has 0 aliphatic heterocycles. The lowest BCUT2D eigenvalue weighted by Gasteiger charge is -2.23. The number of aromatic nitrogens is 2. The zero-order chi connectivity index (χ0) is 21.2. The highest BCUT2D eigenvalue weighted by Gasteiger charge is 2.16. The number of benzene rings is 1. The van der Waals surface area contributed by atoms with Crippen molar-refractivity contribution < 1.29 is 9.13 Å². The second-order valence-corrected chi connectivity index (χ2v) is 6.92. The number of hydrogen-bond donors (Lipinski definition) is 0. The molecule has 2 atom stereocenters. The first-order chi connectivity index (χ1) is 14.0. The Morgan fingerprint density at radius 1 is 1.21 bits per heavy atom. The Hall–Kier alpha value is -2.68. The maximum absolute atomic E-state index is 13.1. The molecule has 29 heavy (non-hydrogen) atoms. The summed E-state index contributed by atoms with van der Waals surface area (Å²) in [4.78, 5) is 24.6. The standard InChI is InChI=1S/C20H28FN5O3/c1-4-9-25(10-5-2)13-17(23-27)14-26-11-8-18(22-26)16-6-7-20(29-15(3)21)19(12-16)24-28/h6-8,11-12,15,17H,4-5,9-10,13-14H2,1-3H3. The topological polar surface area (TPSA) is 89.2 Å². The summed E-state index contributed by atoms with van der Waals surface area (Å²) in [6, 6.07) is 6.04. The van der Waals surface area contributed by atoms with Crippen LogP contribution in [-0.2, 0) is 6.54 Å².